The Labute approximate surface area is 94.8 Å². The summed E-state index contributed by atoms with van der Waals surface area (Å²) in [6, 6.07) is 6.35. The zero-order valence-corrected chi connectivity index (χ0v) is 10.3. The number of hydrogen-bond acceptors (Lipinski definition) is 1. The van der Waals surface area contributed by atoms with Gasteiger partial charge in [0.15, 0.2) is 5.15 Å². The van der Waals surface area contributed by atoms with Gasteiger partial charge < -0.3 is 0 Å². The Kier molecular flexibility index (Phi) is 2.27. The molecule has 0 N–H and O–H groups in total. The van der Waals surface area contributed by atoms with Crippen molar-refractivity contribution < 1.29 is 0 Å². The second-order valence-electron chi connectivity index (χ2n) is 4.90. The molecule has 2 rings (SSSR count). The summed E-state index contributed by atoms with van der Waals surface area (Å²) in [4.78, 5) is 0. The van der Waals surface area contributed by atoms with E-state index in [-0.39, 0.29) is 5.41 Å². The summed E-state index contributed by atoms with van der Waals surface area (Å²) in [6.07, 6.45) is 0. The molecule has 1 aromatic carbocycles. The van der Waals surface area contributed by atoms with Crippen molar-refractivity contribution in [2.24, 2.45) is 7.05 Å². The van der Waals surface area contributed by atoms with Crippen LogP contribution in [0.15, 0.2) is 18.2 Å². The second kappa shape index (κ2) is 3.24. The van der Waals surface area contributed by atoms with Gasteiger partial charge in [0.1, 0.15) is 0 Å². The van der Waals surface area contributed by atoms with Gasteiger partial charge in [0.25, 0.3) is 0 Å². The first-order valence-corrected chi connectivity index (χ1v) is 5.40. The van der Waals surface area contributed by atoms with Crippen molar-refractivity contribution in [2.75, 3.05) is 0 Å². The molecule has 80 valence electrons. The molecule has 3 heteroatoms. The lowest BCUT2D eigenvalue weighted by molar-refractivity contribution is 0.591. The van der Waals surface area contributed by atoms with Crippen molar-refractivity contribution in [1.82, 2.24) is 9.78 Å². The minimum atomic E-state index is 0.146. The number of nitrogens with zero attached hydrogens (tertiary/aromatic N) is 2. The maximum Gasteiger partial charge on any atom is 0.158 e. The van der Waals surface area contributed by atoms with Crippen molar-refractivity contribution in [1.29, 1.82) is 0 Å². The standard InChI is InChI=1S/C12H15ClN2/c1-12(2,3)8-5-6-10-9(7-8)11(13)14-15(10)4/h5-7H,1-4H3. The van der Waals surface area contributed by atoms with E-state index in [1.54, 1.807) is 0 Å². The number of aryl methyl sites for hydroxylation is 1. The van der Waals surface area contributed by atoms with E-state index < -0.39 is 0 Å². The Balaban J connectivity index is 2.71. The molecule has 0 bridgehead atoms. The van der Waals surface area contributed by atoms with Crippen LogP contribution in [-0.4, -0.2) is 9.78 Å². The largest absolute Gasteiger partial charge is 0.266 e. The van der Waals surface area contributed by atoms with Crippen molar-refractivity contribution in [3.8, 4) is 0 Å². The van der Waals surface area contributed by atoms with Crippen LogP contribution in [0.5, 0.6) is 0 Å². The topological polar surface area (TPSA) is 17.8 Å². The van der Waals surface area contributed by atoms with Gasteiger partial charge in [-0.05, 0) is 23.1 Å². The van der Waals surface area contributed by atoms with E-state index in [1.165, 1.54) is 5.56 Å². The fourth-order valence-corrected chi connectivity index (χ4v) is 1.95. The molecule has 1 heterocycles. The van der Waals surface area contributed by atoms with Crippen LogP contribution in [0.1, 0.15) is 26.3 Å². The Hall–Kier alpha value is -1.02. The molecule has 0 fully saturated rings. The lowest BCUT2D eigenvalue weighted by Crippen LogP contribution is -2.10. The fraction of sp³-hybridized carbons (Fsp3) is 0.417. The normalized spacial score (nSPS) is 12.3. The quantitative estimate of drug-likeness (QED) is 0.667. The minimum absolute atomic E-state index is 0.146. The van der Waals surface area contributed by atoms with Crippen LogP contribution < -0.4 is 0 Å². The summed E-state index contributed by atoms with van der Waals surface area (Å²) < 4.78 is 1.81. The molecule has 2 aromatic rings. The average molecular weight is 223 g/mol. The summed E-state index contributed by atoms with van der Waals surface area (Å²) in [5.74, 6) is 0. The maximum atomic E-state index is 6.07. The van der Waals surface area contributed by atoms with Crippen LogP contribution in [0.25, 0.3) is 10.9 Å². The highest BCUT2D eigenvalue weighted by Gasteiger charge is 2.15. The Bertz CT molecular complexity index is 506. The summed E-state index contributed by atoms with van der Waals surface area (Å²) in [7, 11) is 1.91. The van der Waals surface area contributed by atoms with Gasteiger partial charge in [-0.2, -0.15) is 5.10 Å². The van der Waals surface area contributed by atoms with Gasteiger partial charge in [-0.25, -0.2) is 0 Å². The van der Waals surface area contributed by atoms with Crippen LogP contribution in [-0.2, 0) is 12.5 Å². The molecule has 0 amide bonds. The number of fused-ring (bicyclic) bond motifs is 1. The summed E-state index contributed by atoms with van der Waals surface area (Å²) in [5.41, 5.74) is 2.51. The monoisotopic (exact) mass is 222 g/mol. The fourth-order valence-electron chi connectivity index (χ4n) is 1.69. The number of aromatic nitrogens is 2. The molecule has 2 nitrogen and oxygen atoms in total. The summed E-state index contributed by atoms with van der Waals surface area (Å²) >= 11 is 6.07. The van der Waals surface area contributed by atoms with Crippen LogP contribution >= 0.6 is 11.6 Å². The third kappa shape index (κ3) is 1.74. The zero-order chi connectivity index (χ0) is 11.2. The van der Waals surface area contributed by atoms with E-state index in [0.29, 0.717) is 5.15 Å². The third-order valence-electron chi connectivity index (χ3n) is 2.67. The average Bonchev–Trinajstić information content (AvgIpc) is 2.41. The minimum Gasteiger partial charge on any atom is -0.266 e. The molecule has 0 spiro atoms. The van der Waals surface area contributed by atoms with Crippen molar-refractivity contribution in [3.63, 3.8) is 0 Å². The Morgan fingerprint density at radius 2 is 1.93 bits per heavy atom. The number of rotatable bonds is 0. The molecule has 0 radical (unpaired) electrons. The predicted octanol–water partition coefficient (Wildman–Crippen LogP) is 3.52. The SMILES string of the molecule is Cn1nc(Cl)c2cc(C(C)(C)C)ccc21. The summed E-state index contributed by atoms with van der Waals surface area (Å²) in [5, 5.41) is 5.81. The van der Waals surface area contributed by atoms with Crippen LogP contribution in [0, 0.1) is 0 Å². The lowest BCUT2D eigenvalue weighted by atomic mass is 9.86. The molecular weight excluding hydrogens is 208 g/mol. The molecule has 15 heavy (non-hydrogen) atoms. The highest BCUT2D eigenvalue weighted by Crippen LogP contribution is 2.29. The molecular formula is C12H15ClN2. The molecule has 0 saturated carbocycles. The smallest absolute Gasteiger partial charge is 0.158 e. The first kappa shape index (κ1) is 10.5. The van der Waals surface area contributed by atoms with Gasteiger partial charge in [0, 0.05) is 12.4 Å². The number of hydrogen-bond donors (Lipinski definition) is 0. The van der Waals surface area contributed by atoms with Crippen molar-refractivity contribution in [3.05, 3.63) is 28.9 Å². The van der Waals surface area contributed by atoms with E-state index in [0.717, 1.165) is 10.9 Å². The molecule has 0 aliphatic carbocycles. The Morgan fingerprint density at radius 3 is 2.53 bits per heavy atom. The molecule has 0 aliphatic heterocycles. The van der Waals surface area contributed by atoms with E-state index in [4.69, 9.17) is 11.6 Å². The molecule has 0 unspecified atom stereocenters. The van der Waals surface area contributed by atoms with E-state index in [1.807, 2.05) is 11.7 Å². The molecule has 1 aromatic heterocycles. The highest BCUT2D eigenvalue weighted by molar-refractivity contribution is 6.34. The maximum absolute atomic E-state index is 6.07. The molecule has 0 saturated heterocycles. The predicted molar refractivity (Wildman–Crippen MR) is 64.4 cm³/mol. The number of halogens is 1. The van der Waals surface area contributed by atoms with Crippen molar-refractivity contribution in [2.45, 2.75) is 26.2 Å². The van der Waals surface area contributed by atoms with Gasteiger partial charge in [-0.3, -0.25) is 4.68 Å². The van der Waals surface area contributed by atoms with Crippen LogP contribution in [0.4, 0.5) is 0 Å². The number of benzene rings is 1. The molecule has 0 aliphatic rings. The summed E-state index contributed by atoms with van der Waals surface area (Å²) in [6.45, 7) is 6.58. The highest BCUT2D eigenvalue weighted by atomic mass is 35.5. The van der Waals surface area contributed by atoms with Gasteiger partial charge in [0.2, 0.25) is 0 Å². The van der Waals surface area contributed by atoms with Crippen molar-refractivity contribution >= 4 is 22.5 Å². The molecule has 0 atom stereocenters. The second-order valence-corrected chi connectivity index (χ2v) is 5.25. The first-order valence-electron chi connectivity index (χ1n) is 5.02. The van der Waals surface area contributed by atoms with E-state index in [9.17, 15) is 0 Å². The Morgan fingerprint density at radius 1 is 1.27 bits per heavy atom. The van der Waals surface area contributed by atoms with E-state index in [2.05, 4.69) is 44.1 Å². The third-order valence-corrected chi connectivity index (χ3v) is 2.95. The zero-order valence-electron chi connectivity index (χ0n) is 9.50. The van der Waals surface area contributed by atoms with Gasteiger partial charge in [0.05, 0.1) is 5.52 Å². The van der Waals surface area contributed by atoms with Gasteiger partial charge in [-0.1, -0.05) is 38.4 Å². The van der Waals surface area contributed by atoms with Crippen LogP contribution in [0.3, 0.4) is 0 Å². The first-order chi connectivity index (χ1) is 6.89. The van der Waals surface area contributed by atoms with Gasteiger partial charge >= 0.3 is 0 Å². The van der Waals surface area contributed by atoms with E-state index >= 15 is 0 Å². The van der Waals surface area contributed by atoms with Crippen LogP contribution in [0.2, 0.25) is 5.15 Å². The lowest BCUT2D eigenvalue weighted by Gasteiger charge is -2.18. The van der Waals surface area contributed by atoms with Gasteiger partial charge in [-0.15, -0.1) is 0 Å².